The number of esters is 1. The molecule has 4 nitrogen and oxygen atoms in total. The zero-order valence-corrected chi connectivity index (χ0v) is 13.0. The Hall–Kier alpha value is -1.94. The number of ether oxygens (including phenoxy) is 1. The molecule has 0 aromatic heterocycles. The molecule has 0 amide bonds. The van der Waals surface area contributed by atoms with Gasteiger partial charge in [-0.2, -0.15) is 0 Å². The van der Waals surface area contributed by atoms with Crippen molar-refractivity contribution in [3.8, 4) is 0 Å². The van der Waals surface area contributed by atoms with E-state index >= 15 is 0 Å². The zero-order chi connectivity index (χ0) is 16.2. The number of benzene rings is 1. The minimum atomic E-state index is -0.385. The molecule has 120 valence electrons. The first-order valence-electron chi connectivity index (χ1n) is 7.65. The summed E-state index contributed by atoms with van der Waals surface area (Å²) in [5, 5.41) is 8.66. The Bertz CT molecular complexity index is 479. The van der Waals surface area contributed by atoms with Crippen LogP contribution in [-0.4, -0.2) is 23.5 Å². The Balaban J connectivity index is 2.42. The van der Waals surface area contributed by atoms with Crippen LogP contribution >= 0.6 is 0 Å². The van der Waals surface area contributed by atoms with Gasteiger partial charge in [0.1, 0.15) is 11.9 Å². The summed E-state index contributed by atoms with van der Waals surface area (Å²) < 4.78 is 5.30. The van der Waals surface area contributed by atoms with Crippen molar-refractivity contribution in [2.45, 2.75) is 45.1 Å². The maximum Gasteiger partial charge on any atom is 0.303 e. The highest BCUT2D eigenvalue weighted by Crippen LogP contribution is 2.19. The largest absolute Gasteiger partial charge is 0.453 e. The molecular formula is C18H24O4. The lowest BCUT2D eigenvalue weighted by Crippen LogP contribution is -2.06. The molecule has 0 fully saturated rings. The second-order valence-electron chi connectivity index (χ2n) is 5.13. The van der Waals surface area contributed by atoms with E-state index < -0.39 is 0 Å². The van der Waals surface area contributed by atoms with Crippen molar-refractivity contribution in [2.24, 2.45) is 0 Å². The number of Topliss-reactive ketones (excluding diaryl/α,β-unsaturated/α-hetero) is 1. The van der Waals surface area contributed by atoms with Crippen molar-refractivity contribution >= 4 is 11.8 Å². The van der Waals surface area contributed by atoms with Gasteiger partial charge in [0.25, 0.3) is 0 Å². The molecule has 0 heterocycles. The average molecular weight is 304 g/mol. The van der Waals surface area contributed by atoms with Crippen LogP contribution in [0.1, 0.15) is 50.7 Å². The number of hydrogen-bond acceptors (Lipinski definition) is 4. The van der Waals surface area contributed by atoms with E-state index in [1.165, 1.54) is 6.92 Å². The van der Waals surface area contributed by atoms with Crippen molar-refractivity contribution in [3.63, 3.8) is 0 Å². The van der Waals surface area contributed by atoms with Crippen molar-refractivity contribution < 1.29 is 19.4 Å². The molecule has 1 atom stereocenters. The minimum absolute atomic E-state index is 0.0623. The zero-order valence-electron chi connectivity index (χ0n) is 13.0. The predicted octanol–water partition coefficient (Wildman–Crippen LogP) is 3.36. The van der Waals surface area contributed by atoms with Crippen LogP contribution in [0.2, 0.25) is 0 Å². The van der Waals surface area contributed by atoms with Crippen LogP contribution in [0.3, 0.4) is 0 Å². The molecule has 1 aromatic rings. The third-order valence-corrected chi connectivity index (χ3v) is 3.17. The topological polar surface area (TPSA) is 63.6 Å². The number of carbonyl (C=O) groups excluding carboxylic acids is 2. The van der Waals surface area contributed by atoms with Crippen molar-refractivity contribution in [1.29, 1.82) is 0 Å². The first-order chi connectivity index (χ1) is 10.6. The molecule has 4 heteroatoms. The van der Waals surface area contributed by atoms with Crippen LogP contribution in [-0.2, 0) is 14.3 Å². The molecule has 1 rings (SSSR count). The summed E-state index contributed by atoms with van der Waals surface area (Å²) in [6, 6.07) is 9.54. The van der Waals surface area contributed by atoms with E-state index in [1.807, 2.05) is 42.5 Å². The van der Waals surface area contributed by atoms with Crippen LogP contribution in [0.5, 0.6) is 0 Å². The van der Waals surface area contributed by atoms with E-state index in [0.717, 1.165) is 18.4 Å². The van der Waals surface area contributed by atoms with Gasteiger partial charge in [-0.1, -0.05) is 36.4 Å². The van der Waals surface area contributed by atoms with E-state index in [0.29, 0.717) is 19.3 Å². The lowest BCUT2D eigenvalue weighted by Gasteiger charge is -2.13. The van der Waals surface area contributed by atoms with Crippen molar-refractivity contribution in [3.05, 3.63) is 48.0 Å². The van der Waals surface area contributed by atoms with E-state index in [4.69, 9.17) is 9.84 Å². The predicted molar refractivity (Wildman–Crippen MR) is 85.3 cm³/mol. The lowest BCUT2D eigenvalue weighted by molar-refractivity contribution is -0.144. The monoisotopic (exact) mass is 304 g/mol. The Kier molecular flexibility index (Phi) is 8.84. The summed E-state index contributed by atoms with van der Waals surface area (Å²) in [7, 11) is 0. The summed E-state index contributed by atoms with van der Waals surface area (Å²) in [4.78, 5) is 22.6. The molecule has 0 saturated heterocycles. The van der Waals surface area contributed by atoms with Crippen LogP contribution in [0.15, 0.2) is 42.5 Å². The minimum Gasteiger partial charge on any atom is -0.453 e. The van der Waals surface area contributed by atoms with Gasteiger partial charge in [-0.3, -0.25) is 9.59 Å². The Morgan fingerprint density at radius 1 is 1.18 bits per heavy atom. The van der Waals surface area contributed by atoms with Gasteiger partial charge in [-0.15, -0.1) is 0 Å². The van der Waals surface area contributed by atoms with E-state index in [2.05, 4.69) is 0 Å². The Labute approximate surface area is 131 Å². The number of carbonyl (C=O) groups is 2. The Morgan fingerprint density at radius 3 is 2.50 bits per heavy atom. The highest BCUT2D eigenvalue weighted by Gasteiger charge is 2.10. The fourth-order valence-corrected chi connectivity index (χ4v) is 2.08. The van der Waals surface area contributed by atoms with Gasteiger partial charge in [0.2, 0.25) is 0 Å². The molecule has 22 heavy (non-hydrogen) atoms. The number of rotatable bonds is 10. The number of aliphatic hydroxyl groups excluding tert-OH is 1. The van der Waals surface area contributed by atoms with Gasteiger partial charge < -0.3 is 9.84 Å². The Morgan fingerprint density at radius 2 is 1.86 bits per heavy atom. The first-order valence-corrected chi connectivity index (χ1v) is 7.65. The molecule has 0 aliphatic carbocycles. The molecule has 1 N–H and O–H groups in total. The molecule has 1 aromatic carbocycles. The molecule has 0 saturated carbocycles. The molecule has 0 bridgehead atoms. The highest BCUT2D eigenvalue weighted by molar-refractivity contribution is 5.78. The number of ketones is 1. The standard InChI is InChI=1S/C18H24O4/c1-15(20)22-18(16-9-4-2-5-10-16)13-7-3-6-11-17(21)12-8-14-19/h2,4-5,7,9-10,13,18-19H,3,6,8,11-12,14H2,1H3/b13-7+. The maximum atomic E-state index is 11.5. The molecule has 0 spiro atoms. The quantitative estimate of drug-likeness (QED) is 0.409. The molecule has 0 radical (unpaired) electrons. The average Bonchev–Trinajstić information content (AvgIpc) is 2.52. The summed E-state index contributed by atoms with van der Waals surface area (Å²) in [5.74, 6) is -0.139. The van der Waals surface area contributed by atoms with E-state index in [-0.39, 0.29) is 24.5 Å². The number of aliphatic hydroxyl groups is 1. The fourth-order valence-electron chi connectivity index (χ4n) is 2.08. The SMILES string of the molecule is CC(=O)OC(/C=C/CCCC(=O)CCCO)c1ccccc1. The van der Waals surface area contributed by atoms with Crippen molar-refractivity contribution in [2.75, 3.05) is 6.61 Å². The molecule has 1 unspecified atom stereocenters. The van der Waals surface area contributed by atoms with Gasteiger partial charge in [0.15, 0.2) is 0 Å². The third kappa shape index (κ3) is 7.74. The summed E-state index contributed by atoms with van der Waals surface area (Å²) in [6.07, 6.45) is 6.45. The van der Waals surface area contributed by atoms with E-state index in [1.54, 1.807) is 0 Å². The summed E-state index contributed by atoms with van der Waals surface area (Å²) >= 11 is 0. The van der Waals surface area contributed by atoms with Crippen LogP contribution in [0, 0.1) is 0 Å². The van der Waals surface area contributed by atoms with Crippen LogP contribution in [0.4, 0.5) is 0 Å². The third-order valence-electron chi connectivity index (χ3n) is 3.17. The normalized spacial score (nSPS) is 12.3. The summed E-state index contributed by atoms with van der Waals surface area (Å²) in [6.45, 7) is 1.45. The summed E-state index contributed by atoms with van der Waals surface area (Å²) in [5.41, 5.74) is 0.924. The van der Waals surface area contributed by atoms with Crippen LogP contribution in [0.25, 0.3) is 0 Å². The molecule has 0 aliphatic rings. The number of unbranched alkanes of at least 4 members (excludes halogenated alkanes) is 1. The van der Waals surface area contributed by atoms with Gasteiger partial charge >= 0.3 is 5.97 Å². The van der Waals surface area contributed by atoms with Gasteiger partial charge in [0.05, 0.1) is 0 Å². The second kappa shape index (κ2) is 10.7. The fraction of sp³-hybridized carbons (Fsp3) is 0.444. The number of hydrogen-bond donors (Lipinski definition) is 1. The van der Waals surface area contributed by atoms with Crippen molar-refractivity contribution in [1.82, 2.24) is 0 Å². The van der Waals surface area contributed by atoms with Gasteiger partial charge in [0, 0.05) is 26.4 Å². The molecule has 0 aliphatic heterocycles. The highest BCUT2D eigenvalue weighted by atomic mass is 16.5. The second-order valence-corrected chi connectivity index (χ2v) is 5.13. The van der Waals surface area contributed by atoms with E-state index in [9.17, 15) is 9.59 Å². The molecular weight excluding hydrogens is 280 g/mol. The van der Waals surface area contributed by atoms with Gasteiger partial charge in [-0.25, -0.2) is 0 Å². The smallest absolute Gasteiger partial charge is 0.303 e. The van der Waals surface area contributed by atoms with Gasteiger partial charge in [-0.05, 0) is 30.9 Å². The van der Waals surface area contributed by atoms with Crippen LogP contribution < -0.4 is 0 Å². The lowest BCUT2D eigenvalue weighted by atomic mass is 10.1. The number of allylic oxidation sites excluding steroid dienone is 1. The maximum absolute atomic E-state index is 11.5. The first kappa shape index (κ1) is 18.1.